The van der Waals surface area contributed by atoms with Gasteiger partial charge in [0, 0.05) is 43.9 Å². The molecule has 1 aromatic heterocycles. The number of benzene rings is 3. The van der Waals surface area contributed by atoms with Crippen LogP contribution in [-0.4, -0.2) is 41.4 Å². The van der Waals surface area contributed by atoms with E-state index in [1.807, 2.05) is 80.6 Å². The van der Waals surface area contributed by atoms with Crippen molar-refractivity contribution in [1.82, 2.24) is 20.9 Å². The maximum atomic E-state index is 13.9. The third-order valence-corrected chi connectivity index (χ3v) is 7.21. The summed E-state index contributed by atoms with van der Waals surface area (Å²) in [6.45, 7) is 5.00. The van der Waals surface area contributed by atoms with Crippen molar-refractivity contribution in [3.8, 4) is 5.75 Å². The standard InChI is InChI=1S/C35H39N5O4/c1-3-44-29-16-14-25(15-17-29)19-32(39-33(41)30-9-5-4-7-24(30)2)35(43)40-31(20-28-8-6-18-37-22-28)34(42)38-23-27-12-10-26(21-36)11-13-27/h4-18,22,31-32H,3,19-21,23,36H2,1-2H3,(H,38,42)(H,39,41)(H,40,43). The van der Waals surface area contributed by atoms with Crippen molar-refractivity contribution >= 4 is 17.7 Å². The van der Waals surface area contributed by atoms with E-state index in [9.17, 15) is 14.4 Å². The van der Waals surface area contributed by atoms with Crippen molar-refractivity contribution in [3.05, 3.63) is 131 Å². The zero-order valence-electron chi connectivity index (χ0n) is 25.1. The van der Waals surface area contributed by atoms with E-state index in [-0.39, 0.29) is 31.2 Å². The summed E-state index contributed by atoms with van der Waals surface area (Å²) in [4.78, 5) is 44.8. The minimum Gasteiger partial charge on any atom is -0.494 e. The molecule has 4 aromatic rings. The molecular weight excluding hydrogens is 554 g/mol. The Morgan fingerprint density at radius 2 is 1.43 bits per heavy atom. The molecule has 0 saturated carbocycles. The SMILES string of the molecule is CCOc1ccc(CC(NC(=O)c2ccccc2C)C(=O)NC(Cc2cccnc2)C(=O)NCc2ccc(CN)cc2)cc1. The van der Waals surface area contributed by atoms with E-state index in [0.29, 0.717) is 24.5 Å². The molecule has 3 aromatic carbocycles. The molecule has 2 atom stereocenters. The predicted molar refractivity (Wildman–Crippen MR) is 170 cm³/mol. The van der Waals surface area contributed by atoms with Gasteiger partial charge in [0.25, 0.3) is 5.91 Å². The Morgan fingerprint density at radius 1 is 0.773 bits per heavy atom. The molecule has 0 aliphatic heterocycles. The highest BCUT2D eigenvalue weighted by atomic mass is 16.5. The Bertz CT molecular complexity index is 1530. The minimum absolute atomic E-state index is 0.213. The lowest BCUT2D eigenvalue weighted by molar-refractivity contribution is -0.130. The van der Waals surface area contributed by atoms with Gasteiger partial charge in [0.2, 0.25) is 11.8 Å². The number of nitrogens with zero attached hydrogens (tertiary/aromatic N) is 1. The summed E-state index contributed by atoms with van der Waals surface area (Å²) < 4.78 is 5.55. The first-order valence-electron chi connectivity index (χ1n) is 14.7. The van der Waals surface area contributed by atoms with E-state index in [2.05, 4.69) is 20.9 Å². The van der Waals surface area contributed by atoms with Crippen LogP contribution in [0.5, 0.6) is 5.75 Å². The van der Waals surface area contributed by atoms with Crippen LogP contribution in [-0.2, 0) is 35.5 Å². The second-order valence-electron chi connectivity index (χ2n) is 10.5. The zero-order chi connectivity index (χ0) is 31.3. The van der Waals surface area contributed by atoms with Gasteiger partial charge in [-0.05, 0) is 65.9 Å². The summed E-state index contributed by atoms with van der Waals surface area (Å²) in [5.41, 5.74) is 10.5. The minimum atomic E-state index is -0.951. The molecule has 0 aliphatic carbocycles. The normalized spacial score (nSPS) is 12.1. The number of nitrogens with one attached hydrogen (secondary N) is 3. The molecule has 9 heteroatoms. The molecule has 0 spiro atoms. The van der Waals surface area contributed by atoms with E-state index in [4.69, 9.17) is 10.5 Å². The molecule has 44 heavy (non-hydrogen) atoms. The number of aryl methyl sites for hydroxylation is 1. The highest BCUT2D eigenvalue weighted by Gasteiger charge is 2.28. The van der Waals surface area contributed by atoms with Crippen molar-refractivity contribution in [1.29, 1.82) is 0 Å². The average Bonchev–Trinajstić information content (AvgIpc) is 3.04. The topological polar surface area (TPSA) is 135 Å². The largest absolute Gasteiger partial charge is 0.494 e. The van der Waals surface area contributed by atoms with Gasteiger partial charge >= 0.3 is 0 Å². The highest BCUT2D eigenvalue weighted by molar-refractivity contribution is 5.99. The Morgan fingerprint density at radius 3 is 2.09 bits per heavy atom. The fourth-order valence-electron chi connectivity index (χ4n) is 4.74. The molecule has 3 amide bonds. The summed E-state index contributed by atoms with van der Waals surface area (Å²) >= 11 is 0. The van der Waals surface area contributed by atoms with Crippen LogP contribution >= 0.6 is 0 Å². The number of pyridine rings is 1. The van der Waals surface area contributed by atoms with Gasteiger partial charge in [0.15, 0.2) is 0 Å². The second-order valence-corrected chi connectivity index (χ2v) is 10.5. The monoisotopic (exact) mass is 593 g/mol. The Balaban J connectivity index is 1.54. The van der Waals surface area contributed by atoms with Gasteiger partial charge in [-0.2, -0.15) is 0 Å². The quantitative estimate of drug-likeness (QED) is 0.176. The first kappa shape index (κ1) is 31.9. The third-order valence-electron chi connectivity index (χ3n) is 7.21. The third kappa shape index (κ3) is 9.24. The summed E-state index contributed by atoms with van der Waals surface area (Å²) in [5, 5.41) is 8.75. The summed E-state index contributed by atoms with van der Waals surface area (Å²) in [6.07, 6.45) is 3.75. The number of nitrogens with two attached hydrogens (primary N) is 1. The van der Waals surface area contributed by atoms with Gasteiger partial charge in [-0.3, -0.25) is 19.4 Å². The Hall–Kier alpha value is -5.02. The average molecular weight is 594 g/mol. The van der Waals surface area contributed by atoms with E-state index in [1.54, 1.807) is 30.6 Å². The smallest absolute Gasteiger partial charge is 0.252 e. The number of rotatable bonds is 14. The van der Waals surface area contributed by atoms with Crippen LogP contribution in [0.2, 0.25) is 0 Å². The molecule has 1 heterocycles. The van der Waals surface area contributed by atoms with Crippen LogP contribution < -0.4 is 26.4 Å². The number of aromatic nitrogens is 1. The van der Waals surface area contributed by atoms with Crippen LogP contribution in [0.25, 0.3) is 0 Å². The lowest BCUT2D eigenvalue weighted by atomic mass is 10.0. The van der Waals surface area contributed by atoms with Gasteiger partial charge in [-0.15, -0.1) is 0 Å². The van der Waals surface area contributed by atoms with Gasteiger partial charge in [-0.25, -0.2) is 0 Å². The van der Waals surface area contributed by atoms with Crippen molar-refractivity contribution in [2.75, 3.05) is 6.61 Å². The molecule has 0 aliphatic rings. The van der Waals surface area contributed by atoms with E-state index in [0.717, 1.165) is 27.8 Å². The Kier molecular flexibility index (Phi) is 11.6. The number of carbonyl (C=O) groups excluding carboxylic acids is 3. The van der Waals surface area contributed by atoms with Gasteiger partial charge in [0.05, 0.1) is 6.61 Å². The lowest BCUT2D eigenvalue weighted by Crippen LogP contribution is -2.55. The second kappa shape index (κ2) is 16.0. The number of hydrogen-bond acceptors (Lipinski definition) is 6. The number of carbonyl (C=O) groups is 3. The highest BCUT2D eigenvalue weighted by Crippen LogP contribution is 2.15. The molecule has 0 saturated heterocycles. The maximum Gasteiger partial charge on any atom is 0.252 e. The molecule has 4 rings (SSSR count). The Labute approximate surface area is 258 Å². The summed E-state index contributed by atoms with van der Waals surface area (Å²) in [6, 6.07) is 24.0. The fraction of sp³-hybridized carbons (Fsp3) is 0.257. The zero-order valence-corrected chi connectivity index (χ0v) is 25.1. The van der Waals surface area contributed by atoms with Crippen molar-refractivity contribution in [2.45, 2.75) is 51.9 Å². The molecule has 228 valence electrons. The van der Waals surface area contributed by atoms with Crippen molar-refractivity contribution in [2.24, 2.45) is 5.73 Å². The summed E-state index contributed by atoms with van der Waals surface area (Å²) in [5.74, 6) is -0.484. The first-order chi connectivity index (χ1) is 21.4. The number of hydrogen-bond donors (Lipinski definition) is 4. The van der Waals surface area contributed by atoms with E-state index in [1.165, 1.54) is 0 Å². The predicted octanol–water partition coefficient (Wildman–Crippen LogP) is 3.63. The molecular formula is C35H39N5O4. The molecule has 5 N–H and O–H groups in total. The molecule has 0 bridgehead atoms. The molecule has 0 radical (unpaired) electrons. The molecule has 2 unspecified atom stereocenters. The lowest BCUT2D eigenvalue weighted by Gasteiger charge is -2.24. The van der Waals surface area contributed by atoms with Crippen LogP contribution in [0.1, 0.15) is 45.1 Å². The molecule has 9 nitrogen and oxygen atoms in total. The van der Waals surface area contributed by atoms with Gasteiger partial charge < -0.3 is 26.4 Å². The van der Waals surface area contributed by atoms with Gasteiger partial charge in [-0.1, -0.05) is 60.7 Å². The number of amides is 3. The van der Waals surface area contributed by atoms with Crippen LogP contribution in [0.15, 0.2) is 97.3 Å². The van der Waals surface area contributed by atoms with Gasteiger partial charge in [0.1, 0.15) is 17.8 Å². The first-order valence-corrected chi connectivity index (χ1v) is 14.7. The fourth-order valence-corrected chi connectivity index (χ4v) is 4.74. The van der Waals surface area contributed by atoms with Crippen molar-refractivity contribution < 1.29 is 19.1 Å². The van der Waals surface area contributed by atoms with Crippen molar-refractivity contribution in [3.63, 3.8) is 0 Å². The van der Waals surface area contributed by atoms with E-state index >= 15 is 0 Å². The maximum absolute atomic E-state index is 13.9. The van der Waals surface area contributed by atoms with Crippen LogP contribution in [0.4, 0.5) is 0 Å². The van der Waals surface area contributed by atoms with Crippen LogP contribution in [0, 0.1) is 6.92 Å². The van der Waals surface area contributed by atoms with E-state index < -0.39 is 18.0 Å². The summed E-state index contributed by atoms with van der Waals surface area (Å²) in [7, 11) is 0. The van der Waals surface area contributed by atoms with Crippen LogP contribution in [0.3, 0.4) is 0 Å². The molecule has 0 fully saturated rings. The number of ether oxygens (including phenoxy) is 1.